The second-order valence-electron chi connectivity index (χ2n) is 14.2. The lowest BCUT2D eigenvalue weighted by molar-refractivity contribution is -0.156. The molecule has 246 valence electrons. The molecule has 0 rings (SSSR count). The summed E-state index contributed by atoms with van der Waals surface area (Å²) in [5.41, 5.74) is -2.36. The van der Waals surface area contributed by atoms with Crippen LogP contribution in [-0.2, 0) is 28.5 Å². The summed E-state index contributed by atoms with van der Waals surface area (Å²) in [6.07, 6.45) is 1.72. The van der Waals surface area contributed by atoms with Crippen LogP contribution in [0.1, 0.15) is 122 Å². The number of rotatable bonds is 15. The van der Waals surface area contributed by atoms with Crippen LogP contribution in [0.3, 0.4) is 0 Å². The fraction of sp³-hybridized carbons (Fsp3) is 0.867. The summed E-state index contributed by atoms with van der Waals surface area (Å²) in [5, 5.41) is 5.84. The first-order valence-corrected chi connectivity index (χ1v) is 17.1. The molecule has 0 radical (unpaired) electrons. The van der Waals surface area contributed by atoms with Gasteiger partial charge in [0.15, 0.2) is 0 Å². The van der Waals surface area contributed by atoms with Gasteiger partial charge in [-0.3, -0.25) is 9.59 Å². The minimum atomic E-state index is -0.632. The molecule has 42 heavy (non-hydrogen) atoms. The van der Waals surface area contributed by atoms with Crippen LogP contribution in [-0.4, -0.2) is 70.1 Å². The zero-order valence-electron chi connectivity index (χ0n) is 27.9. The van der Waals surface area contributed by atoms with E-state index in [2.05, 4.69) is 10.6 Å². The Bertz CT molecular complexity index is 785. The van der Waals surface area contributed by atoms with Crippen molar-refractivity contribution in [3.63, 3.8) is 0 Å². The molecule has 0 aliphatic heterocycles. The molecule has 0 bridgehead atoms. The third kappa shape index (κ3) is 25.9. The van der Waals surface area contributed by atoms with Gasteiger partial charge in [-0.1, -0.05) is 21.6 Å². The molecule has 2 amide bonds. The molecule has 0 aromatic rings. The zero-order chi connectivity index (χ0) is 32.8. The molecule has 0 saturated heterocycles. The number of amides is 2. The number of carbonyl (C=O) groups is 4. The van der Waals surface area contributed by atoms with Gasteiger partial charge in [-0.25, -0.2) is 9.59 Å². The quantitative estimate of drug-likeness (QED) is 0.0825. The lowest BCUT2D eigenvalue weighted by atomic mass is 10.1. The van der Waals surface area contributed by atoms with E-state index in [0.717, 1.165) is 0 Å². The van der Waals surface area contributed by atoms with Gasteiger partial charge in [0.25, 0.3) is 0 Å². The maximum absolute atomic E-state index is 12.4. The van der Waals surface area contributed by atoms with Gasteiger partial charge in [-0.15, -0.1) is 0 Å². The number of alkyl carbamates (subject to hydrolysis) is 2. The summed E-state index contributed by atoms with van der Waals surface area (Å²) in [6.45, 7) is 21.8. The van der Waals surface area contributed by atoms with Gasteiger partial charge in [-0.05, 0) is 109 Å². The van der Waals surface area contributed by atoms with E-state index in [4.69, 9.17) is 18.9 Å². The van der Waals surface area contributed by atoms with Crippen molar-refractivity contribution in [2.24, 2.45) is 0 Å². The number of carbonyl (C=O) groups excluding carboxylic acids is 4. The maximum atomic E-state index is 12.4. The lowest BCUT2D eigenvalue weighted by Crippen LogP contribution is -2.41. The Balaban J connectivity index is 5.10. The van der Waals surface area contributed by atoms with Gasteiger partial charge in [0, 0.05) is 36.4 Å². The molecule has 0 fully saturated rings. The Morgan fingerprint density at radius 3 is 1.07 bits per heavy atom. The minimum Gasteiger partial charge on any atom is -0.460 e. The Labute approximate surface area is 261 Å². The second-order valence-corrected chi connectivity index (χ2v) is 16.8. The molecule has 0 saturated carbocycles. The van der Waals surface area contributed by atoms with Gasteiger partial charge < -0.3 is 29.6 Å². The second kappa shape index (κ2) is 18.1. The van der Waals surface area contributed by atoms with E-state index < -0.39 is 34.6 Å². The number of hydrogen-bond acceptors (Lipinski definition) is 10. The fourth-order valence-electron chi connectivity index (χ4n) is 3.37. The van der Waals surface area contributed by atoms with Crippen LogP contribution in [0.4, 0.5) is 9.59 Å². The van der Waals surface area contributed by atoms with Gasteiger partial charge in [0.05, 0.1) is 0 Å². The van der Waals surface area contributed by atoms with Crippen molar-refractivity contribution in [3.05, 3.63) is 0 Å². The first kappa shape index (κ1) is 40.2. The first-order valence-electron chi connectivity index (χ1n) is 14.6. The van der Waals surface area contributed by atoms with Gasteiger partial charge >= 0.3 is 24.1 Å². The standard InChI is InChI=1S/C30H56N2O8S2/c1-27(2,3)37-23(33)17-13-15-21(31-25(35)39-29(7,8)9)19-41-42-20-22(32-26(36)40-30(10,11)12)16-14-18-24(34)38-28(4,5)6/h21-22H,13-20H2,1-12H3,(H,31,35)(H,32,36). The average molecular weight is 637 g/mol. The molecular formula is C30H56N2O8S2. The van der Waals surface area contributed by atoms with Crippen molar-refractivity contribution in [3.8, 4) is 0 Å². The van der Waals surface area contributed by atoms with Crippen LogP contribution in [0.2, 0.25) is 0 Å². The Morgan fingerprint density at radius 2 is 0.810 bits per heavy atom. The Kier molecular flexibility index (Phi) is 17.3. The first-order chi connectivity index (χ1) is 18.9. The molecular weight excluding hydrogens is 580 g/mol. The SMILES string of the molecule is CC(C)(C)OC(=O)CCCC(CSSCC(CCCC(=O)OC(C)(C)C)NC(=O)OC(C)(C)C)NC(=O)OC(C)(C)C. The summed E-state index contributed by atoms with van der Waals surface area (Å²) in [5.74, 6) is 0.580. The number of esters is 2. The molecule has 2 N–H and O–H groups in total. The molecule has 2 atom stereocenters. The van der Waals surface area contributed by atoms with Crippen molar-refractivity contribution in [1.29, 1.82) is 0 Å². The molecule has 12 heteroatoms. The van der Waals surface area contributed by atoms with E-state index in [0.29, 0.717) is 37.2 Å². The highest BCUT2D eigenvalue weighted by molar-refractivity contribution is 8.76. The van der Waals surface area contributed by atoms with Gasteiger partial charge in [-0.2, -0.15) is 0 Å². The van der Waals surface area contributed by atoms with Crippen LogP contribution in [0, 0.1) is 0 Å². The molecule has 0 aromatic heterocycles. The van der Waals surface area contributed by atoms with E-state index >= 15 is 0 Å². The zero-order valence-corrected chi connectivity index (χ0v) is 29.5. The van der Waals surface area contributed by atoms with Crippen molar-refractivity contribution in [2.45, 2.75) is 156 Å². The minimum absolute atomic E-state index is 0.232. The predicted molar refractivity (Wildman–Crippen MR) is 171 cm³/mol. The van der Waals surface area contributed by atoms with Crippen LogP contribution in [0.15, 0.2) is 0 Å². The number of hydrogen-bond donors (Lipinski definition) is 2. The van der Waals surface area contributed by atoms with Crippen molar-refractivity contribution >= 4 is 45.7 Å². The lowest BCUT2D eigenvalue weighted by Gasteiger charge is -2.25. The third-order valence-corrected chi connectivity index (χ3v) is 7.33. The fourth-order valence-corrected chi connectivity index (χ4v) is 5.96. The van der Waals surface area contributed by atoms with E-state index in [-0.39, 0.29) is 36.9 Å². The Hall–Kier alpha value is -1.82. The van der Waals surface area contributed by atoms with E-state index in [9.17, 15) is 19.2 Å². The number of nitrogens with one attached hydrogen (secondary N) is 2. The monoisotopic (exact) mass is 636 g/mol. The molecule has 2 unspecified atom stereocenters. The van der Waals surface area contributed by atoms with Crippen molar-refractivity contribution < 1.29 is 38.1 Å². The average Bonchev–Trinajstić information content (AvgIpc) is 2.70. The topological polar surface area (TPSA) is 129 Å². The van der Waals surface area contributed by atoms with Crippen LogP contribution >= 0.6 is 21.6 Å². The summed E-state index contributed by atoms with van der Waals surface area (Å²) in [6, 6.07) is -0.464. The Morgan fingerprint density at radius 1 is 0.524 bits per heavy atom. The molecule has 0 aromatic carbocycles. The van der Waals surface area contributed by atoms with E-state index in [1.165, 1.54) is 0 Å². The molecule has 0 aliphatic carbocycles. The smallest absolute Gasteiger partial charge is 0.407 e. The van der Waals surface area contributed by atoms with Crippen LogP contribution in [0.5, 0.6) is 0 Å². The van der Waals surface area contributed by atoms with Crippen LogP contribution in [0.25, 0.3) is 0 Å². The largest absolute Gasteiger partial charge is 0.460 e. The molecule has 0 spiro atoms. The predicted octanol–water partition coefficient (Wildman–Crippen LogP) is 7.18. The maximum Gasteiger partial charge on any atom is 0.407 e. The highest BCUT2D eigenvalue weighted by atomic mass is 33.1. The summed E-state index contributed by atoms with van der Waals surface area (Å²) >= 11 is 0. The normalized spacial score (nSPS) is 13.9. The van der Waals surface area contributed by atoms with Gasteiger partial charge in [0.1, 0.15) is 22.4 Å². The highest BCUT2D eigenvalue weighted by Gasteiger charge is 2.23. The highest BCUT2D eigenvalue weighted by Crippen LogP contribution is 2.26. The molecule has 10 nitrogen and oxygen atoms in total. The van der Waals surface area contributed by atoms with E-state index in [1.54, 1.807) is 63.1 Å². The van der Waals surface area contributed by atoms with Gasteiger partial charge in [0.2, 0.25) is 0 Å². The third-order valence-electron chi connectivity index (χ3n) is 4.77. The van der Waals surface area contributed by atoms with Crippen LogP contribution < -0.4 is 10.6 Å². The van der Waals surface area contributed by atoms with Crippen molar-refractivity contribution in [2.75, 3.05) is 11.5 Å². The molecule has 0 aliphatic rings. The summed E-state index contributed by atoms with van der Waals surface area (Å²) < 4.78 is 21.6. The summed E-state index contributed by atoms with van der Waals surface area (Å²) in [4.78, 5) is 49.2. The summed E-state index contributed by atoms with van der Waals surface area (Å²) in [7, 11) is 3.11. The molecule has 0 heterocycles. The van der Waals surface area contributed by atoms with Crippen molar-refractivity contribution in [1.82, 2.24) is 10.6 Å². The van der Waals surface area contributed by atoms with E-state index in [1.807, 2.05) is 41.5 Å². The number of ether oxygens (including phenoxy) is 4.